The zero-order chi connectivity index (χ0) is 9.97. The molecule has 1 aliphatic rings. The monoisotopic (exact) mass is 199 g/mol. The molecule has 0 aromatic carbocycles. The van der Waals surface area contributed by atoms with Crippen molar-refractivity contribution in [1.82, 2.24) is 15.6 Å². The van der Waals surface area contributed by atoms with Gasteiger partial charge >= 0.3 is 0 Å². The number of rotatable bonds is 3. The lowest BCUT2D eigenvalue weighted by molar-refractivity contribution is 0.122. The van der Waals surface area contributed by atoms with E-state index in [9.17, 15) is 5.11 Å². The number of aryl methyl sites for hydroxylation is 1. The third-order valence-corrected chi connectivity index (χ3v) is 2.33. The Morgan fingerprint density at radius 2 is 2.36 bits per heavy atom. The molecule has 2 N–H and O–H groups in total. The first-order valence-corrected chi connectivity index (χ1v) is 4.54. The van der Waals surface area contributed by atoms with E-state index < -0.39 is 6.10 Å². The van der Waals surface area contributed by atoms with Crippen LogP contribution in [-0.4, -0.2) is 40.8 Å². The van der Waals surface area contributed by atoms with Crippen molar-refractivity contribution >= 4 is 0 Å². The maximum atomic E-state index is 9.44. The van der Waals surface area contributed by atoms with Crippen LogP contribution in [0.25, 0.3) is 0 Å². The van der Waals surface area contributed by atoms with Gasteiger partial charge in [-0.25, -0.2) is 4.63 Å². The number of ether oxygens (including phenoxy) is 1. The largest absolute Gasteiger partial charge is 0.389 e. The van der Waals surface area contributed by atoms with Crippen molar-refractivity contribution in [2.75, 3.05) is 13.2 Å². The third-order valence-electron chi connectivity index (χ3n) is 2.33. The lowest BCUT2D eigenvalue weighted by Crippen LogP contribution is -2.38. The summed E-state index contributed by atoms with van der Waals surface area (Å²) in [7, 11) is 0. The van der Waals surface area contributed by atoms with E-state index >= 15 is 0 Å². The summed E-state index contributed by atoms with van der Waals surface area (Å²) in [6.45, 7) is 3.30. The molecule has 78 valence electrons. The number of aromatic nitrogens is 2. The molecule has 0 spiro atoms. The van der Waals surface area contributed by atoms with Crippen LogP contribution >= 0.6 is 0 Å². The van der Waals surface area contributed by atoms with Gasteiger partial charge in [-0.05, 0) is 6.92 Å². The number of nitrogens with zero attached hydrogens (tertiary/aromatic N) is 2. The van der Waals surface area contributed by atoms with Gasteiger partial charge in [0.25, 0.3) is 0 Å². The zero-order valence-corrected chi connectivity index (χ0v) is 7.93. The van der Waals surface area contributed by atoms with Crippen molar-refractivity contribution < 1.29 is 14.5 Å². The van der Waals surface area contributed by atoms with Crippen molar-refractivity contribution in [1.29, 1.82) is 0 Å². The van der Waals surface area contributed by atoms with Crippen LogP contribution < -0.4 is 5.32 Å². The van der Waals surface area contributed by atoms with Gasteiger partial charge in [0.05, 0.1) is 25.4 Å². The minimum absolute atomic E-state index is 0.0221. The van der Waals surface area contributed by atoms with Crippen molar-refractivity contribution in [3.8, 4) is 0 Å². The maximum Gasteiger partial charge on any atom is 0.121 e. The highest BCUT2D eigenvalue weighted by atomic mass is 16.6. The molecule has 0 amide bonds. The third kappa shape index (κ3) is 1.92. The fraction of sp³-hybridized carbons (Fsp3) is 0.750. The van der Waals surface area contributed by atoms with Crippen LogP contribution in [0.1, 0.15) is 11.4 Å². The van der Waals surface area contributed by atoms with Crippen LogP contribution in [0, 0.1) is 6.92 Å². The van der Waals surface area contributed by atoms with E-state index in [0.717, 1.165) is 11.4 Å². The first-order valence-electron chi connectivity index (χ1n) is 4.54. The molecule has 6 nitrogen and oxygen atoms in total. The zero-order valence-electron chi connectivity index (χ0n) is 7.93. The lowest BCUT2D eigenvalue weighted by atomic mass is 10.2. The molecule has 0 saturated carbocycles. The number of hydrogen-bond acceptors (Lipinski definition) is 6. The van der Waals surface area contributed by atoms with Crippen LogP contribution in [0.3, 0.4) is 0 Å². The molecule has 1 saturated heterocycles. The number of hydrogen-bond donors (Lipinski definition) is 2. The molecule has 0 bridgehead atoms. The van der Waals surface area contributed by atoms with Crippen molar-refractivity contribution in [2.24, 2.45) is 0 Å². The highest BCUT2D eigenvalue weighted by Gasteiger charge is 2.25. The topological polar surface area (TPSA) is 80.4 Å². The average molecular weight is 199 g/mol. The molecular formula is C8H13N3O3. The summed E-state index contributed by atoms with van der Waals surface area (Å²) < 4.78 is 9.65. The summed E-state index contributed by atoms with van der Waals surface area (Å²) >= 11 is 0. The molecular weight excluding hydrogens is 186 g/mol. The van der Waals surface area contributed by atoms with E-state index in [1.54, 1.807) is 0 Å². The van der Waals surface area contributed by atoms with Gasteiger partial charge in [-0.2, -0.15) is 0 Å². The number of aliphatic hydroxyl groups excluding tert-OH is 1. The van der Waals surface area contributed by atoms with E-state index in [1.807, 2.05) is 6.92 Å². The quantitative estimate of drug-likeness (QED) is 0.665. The molecule has 2 unspecified atom stereocenters. The highest BCUT2D eigenvalue weighted by molar-refractivity contribution is 5.04. The molecule has 1 aromatic rings. The predicted octanol–water partition coefficient (Wildman–Crippen LogP) is -0.773. The first-order chi connectivity index (χ1) is 6.77. The van der Waals surface area contributed by atoms with E-state index in [-0.39, 0.29) is 6.04 Å². The summed E-state index contributed by atoms with van der Waals surface area (Å²) in [4.78, 5) is 0. The Labute approximate surface area is 81.2 Å². The molecule has 2 rings (SSSR count). The Morgan fingerprint density at radius 3 is 2.93 bits per heavy atom. The predicted molar refractivity (Wildman–Crippen MR) is 46.5 cm³/mol. The average Bonchev–Trinajstić information content (AvgIpc) is 2.72. The van der Waals surface area contributed by atoms with Crippen molar-refractivity contribution in [3.05, 3.63) is 11.4 Å². The summed E-state index contributed by atoms with van der Waals surface area (Å²) in [5.41, 5.74) is 1.54. The summed E-state index contributed by atoms with van der Waals surface area (Å²) in [5.74, 6) is 0. The van der Waals surface area contributed by atoms with E-state index in [0.29, 0.717) is 19.8 Å². The van der Waals surface area contributed by atoms with Crippen LogP contribution in [0.2, 0.25) is 0 Å². The molecule has 1 aliphatic heterocycles. The van der Waals surface area contributed by atoms with Gasteiger partial charge in [0, 0.05) is 6.54 Å². The fourth-order valence-corrected chi connectivity index (χ4v) is 1.38. The Kier molecular flexibility index (Phi) is 2.76. The summed E-state index contributed by atoms with van der Waals surface area (Å²) in [5, 5.41) is 20.0. The second-order valence-electron chi connectivity index (χ2n) is 3.39. The normalized spacial score (nSPS) is 27.0. The van der Waals surface area contributed by atoms with E-state index in [1.165, 1.54) is 0 Å². The van der Waals surface area contributed by atoms with Gasteiger partial charge in [-0.3, -0.25) is 0 Å². The van der Waals surface area contributed by atoms with Crippen molar-refractivity contribution in [2.45, 2.75) is 25.6 Å². The SMILES string of the molecule is Cc1nonc1CNC1COCC1O. The second kappa shape index (κ2) is 4.04. The van der Waals surface area contributed by atoms with Gasteiger partial charge < -0.3 is 15.2 Å². The van der Waals surface area contributed by atoms with Crippen LogP contribution in [0.5, 0.6) is 0 Å². The van der Waals surface area contributed by atoms with E-state index in [2.05, 4.69) is 20.3 Å². The number of nitrogens with one attached hydrogen (secondary N) is 1. The summed E-state index contributed by atoms with van der Waals surface area (Å²) in [6.07, 6.45) is -0.435. The fourth-order valence-electron chi connectivity index (χ4n) is 1.38. The Morgan fingerprint density at radius 1 is 1.50 bits per heavy atom. The maximum absolute atomic E-state index is 9.44. The molecule has 0 radical (unpaired) electrons. The lowest BCUT2D eigenvalue weighted by Gasteiger charge is -2.12. The van der Waals surface area contributed by atoms with Gasteiger partial charge in [-0.1, -0.05) is 10.3 Å². The molecule has 6 heteroatoms. The number of aliphatic hydroxyl groups is 1. The molecule has 1 aromatic heterocycles. The highest BCUT2D eigenvalue weighted by Crippen LogP contribution is 2.07. The Bertz CT molecular complexity index is 302. The molecule has 2 heterocycles. The minimum atomic E-state index is -0.435. The molecule has 0 aliphatic carbocycles. The Hall–Kier alpha value is -0.980. The summed E-state index contributed by atoms with van der Waals surface area (Å²) in [6, 6.07) is -0.0221. The smallest absolute Gasteiger partial charge is 0.121 e. The Balaban J connectivity index is 1.85. The second-order valence-corrected chi connectivity index (χ2v) is 3.39. The van der Waals surface area contributed by atoms with Gasteiger partial charge in [0.1, 0.15) is 11.4 Å². The van der Waals surface area contributed by atoms with E-state index in [4.69, 9.17) is 4.74 Å². The van der Waals surface area contributed by atoms with Crippen LogP contribution in [0.4, 0.5) is 0 Å². The minimum Gasteiger partial charge on any atom is -0.389 e. The van der Waals surface area contributed by atoms with Gasteiger partial charge in [0.15, 0.2) is 0 Å². The molecule has 2 atom stereocenters. The van der Waals surface area contributed by atoms with Crippen molar-refractivity contribution in [3.63, 3.8) is 0 Å². The van der Waals surface area contributed by atoms with Gasteiger partial charge in [0.2, 0.25) is 0 Å². The molecule has 14 heavy (non-hydrogen) atoms. The van der Waals surface area contributed by atoms with Crippen LogP contribution in [0.15, 0.2) is 4.63 Å². The molecule has 1 fully saturated rings. The van der Waals surface area contributed by atoms with Crippen LogP contribution in [-0.2, 0) is 11.3 Å². The first kappa shape index (κ1) is 9.57. The van der Waals surface area contributed by atoms with Gasteiger partial charge in [-0.15, -0.1) is 0 Å². The standard InChI is InChI=1S/C8H13N3O3/c1-5-6(11-14-10-5)2-9-7-3-13-4-8(7)12/h7-9,12H,2-4H2,1H3.